The molecule has 0 aliphatic carbocycles. The molecule has 0 aliphatic heterocycles. The Labute approximate surface area is 124 Å². The van der Waals surface area contributed by atoms with E-state index >= 15 is 0 Å². The van der Waals surface area contributed by atoms with Crippen LogP contribution in [0, 0.1) is 6.92 Å². The maximum Gasteiger partial charge on any atom is 0.137 e. The van der Waals surface area contributed by atoms with Crippen molar-refractivity contribution in [2.45, 2.75) is 13.5 Å². The van der Waals surface area contributed by atoms with Gasteiger partial charge in [-0.3, -0.25) is 0 Å². The standard InChI is InChI=1S/C14H12BrN5/c1-9-2-4-11(20-19-9)7-16-14-12-6-10(15)3-5-13(12)17-8-18-14/h2-6,8H,7H2,1H3,(H,16,17,18). The number of rotatable bonds is 3. The summed E-state index contributed by atoms with van der Waals surface area (Å²) in [6.45, 7) is 2.49. The van der Waals surface area contributed by atoms with Crippen molar-refractivity contribution in [3.8, 4) is 0 Å². The van der Waals surface area contributed by atoms with E-state index < -0.39 is 0 Å². The lowest BCUT2D eigenvalue weighted by molar-refractivity contribution is 0.895. The summed E-state index contributed by atoms with van der Waals surface area (Å²) in [6.07, 6.45) is 1.55. The van der Waals surface area contributed by atoms with E-state index in [1.807, 2.05) is 37.3 Å². The van der Waals surface area contributed by atoms with Gasteiger partial charge in [-0.2, -0.15) is 10.2 Å². The average Bonchev–Trinajstić information content (AvgIpc) is 2.47. The molecule has 0 aliphatic rings. The molecular formula is C14H12BrN5. The van der Waals surface area contributed by atoms with Crippen LogP contribution in [0.25, 0.3) is 10.9 Å². The van der Waals surface area contributed by atoms with Crippen molar-refractivity contribution in [1.82, 2.24) is 20.2 Å². The molecule has 5 nitrogen and oxygen atoms in total. The van der Waals surface area contributed by atoms with Gasteiger partial charge >= 0.3 is 0 Å². The zero-order valence-electron chi connectivity index (χ0n) is 10.8. The van der Waals surface area contributed by atoms with Gasteiger partial charge in [-0.05, 0) is 37.3 Å². The van der Waals surface area contributed by atoms with E-state index in [1.165, 1.54) is 0 Å². The molecule has 0 radical (unpaired) electrons. The van der Waals surface area contributed by atoms with Gasteiger partial charge in [0, 0.05) is 9.86 Å². The molecule has 0 amide bonds. The van der Waals surface area contributed by atoms with Gasteiger partial charge in [0.15, 0.2) is 0 Å². The van der Waals surface area contributed by atoms with Crippen LogP contribution in [0.1, 0.15) is 11.4 Å². The lowest BCUT2D eigenvalue weighted by atomic mass is 10.2. The molecule has 0 bridgehead atoms. The van der Waals surface area contributed by atoms with Gasteiger partial charge in [0.25, 0.3) is 0 Å². The van der Waals surface area contributed by atoms with Crippen LogP contribution >= 0.6 is 15.9 Å². The minimum atomic E-state index is 0.575. The average molecular weight is 330 g/mol. The number of nitrogens with one attached hydrogen (secondary N) is 1. The van der Waals surface area contributed by atoms with Crippen LogP contribution in [0.15, 0.2) is 41.1 Å². The van der Waals surface area contributed by atoms with E-state index in [4.69, 9.17) is 0 Å². The van der Waals surface area contributed by atoms with Gasteiger partial charge in [0.05, 0.1) is 23.4 Å². The van der Waals surface area contributed by atoms with Crippen molar-refractivity contribution >= 4 is 32.7 Å². The number of fused-ring (bicyclic) bond motifs is 1. The van der Waals surface area contributed by atoms with Gasteiger partial charge in [-0.15, -0.1) is 0 Å². The third-order valence-electron chi connectivity index (χ3n) is 2.89. The highest BCUT2D eigenvalue weighted by molar-refractivity contribution is 9.10. The molecule has 0 fully saturated rings. The molecule has 1 aromatic carbocycles. The summed E-state index contributed by atoms with van der Waals surface area (Å²) < 4.78 is 0.998. The number of benzene rings is 1. The fraction of sp³-hybridized carbons (Fsp3) is 0.143. The van der Waals surface area contributed by atoms with Crippen molar-refractivity contribution in [3.05, 3.63) is 52.5 Å². The smallest absolute Gasteiger partial charge is 0.137 e. The fourth-order valence-corrected chi connectivity index (χ4v) is 2.23. The molecule has 1 N–H and O–H groups in total. The molecule has 100 valence electrons. The largest absolute Gasteiger partial charge is 0.364 e. The predicted octanol–water partition coefficient (Wildman–Crippen LogP) is 3.10. The molecule has 3 rings (SSSR count). The van der Waals surface area contributed by atoms with Crippen LogP contribution in [-0.4, -0.2) is 20.2 Å². The maximum atomic E-state index is 4.29. The van der Waals surface area contributed by atoms with Crippen LogP contribution in [0.4, 0.5) is 5.82 Å². The van der Waals surface area contributed by atoms with Crippen LogP contribution in [0.5, 0.6) is 0 Å². The molecule has 0 saturated heterocycles. The Morgan fingerprint density at radius 1 is 1.10 bits per heavy atom. The molecular weight excluding hydrogens is 318 g/mol. The summed E-state index contributed by atoms with van der Waals surface area (Å²) >= 11 is 3.46. The maximum absolute atomic E-state index is 4.29. The summed E-state index contributed by atoms with van der Waals surface area (Å²) in [7, 11) is 0. The monoisotopic (exact) mass is 329 g/mol. The van der Waals surface area contributed by atoms with E-state index in [2.05, 4.69) is 41.4 Å². The molecule has 0 atom stereocenters. The number of anilines is 1. The molecule has 6 heteroatoms. The highest BCUT2D eigenvalue weighted by Crippen LogP contribution is 2.23. The van der Waals surface area contributed by atoms with Crippen LogP contribution < -0.4 is 5.32 Å². The highest BCUT2D eigenvalue weighted by atomic mass is 79.9. The normalized spacial score (nSPS) is 10.7. The van der Waals surface area contributed by atoms with E-state index in [0.29, 0.717) is 6.54 Å². The van der Waals surface area contributed by atoms with Gasteiger partial charge in [-0.25, -0.2) is 9.97 Å². The van der Waals surface area contributed by atoms with E-state index in [0.717, 1.165) is 32.6 Å². The van der Waals surface area contributed by atoms with Crippen molar-refractivity contribution in [3.63, 3.8) is 0 Å². The third-order valence-corrected chi connectivity index (χ3v) is 3.38. The molecule has 3 aromatic rings. The fourth-order valence-electron chi connectivity index (χ4n) is 1.86. The van der Waals surface area contributed by atoms with Crippen molar-refractivity contribution in [2.24, 2.45) is 0 Å². The third kappa shape index (κ3) is 2.75. The number of hydrogen-bond donors (Lipinski definition) is 1. The first-order valence-corrected chi connectivity index (χ1v) is 6.95. The van der Waals surface area contributed by atoms with Crippen molar-refractivity contribution < 1.29 is 0 Å². The summed E-state index contributed by atoms with van der Waals surface area (Å²) in [5, 5.41) is 12.4. The Bertz CT molecular complexity index is 742. The van der Waals surface area contributed by atoms with Crippen molar-refractivity contribution in [1.29, 1.82) is 0 Å². The summed E-state index contributed by atoms with van der Waals surface area (Å²) in [5.74, 6) is 0.790. The van der Waals surface area contributed by atoms with E-state index in [1.54, 1.807) is 6.33 Å². The molecule has 20 heavy (non-hydrogen) atoms. The Morgan fingerprint density at radius 2 is 2.00 bits per heavy atom. The van der Waals surface area contributed by atoms with Crippen LogP contribution in [0.3, 0.4) is 0 Å². The number of aryl methyl sites for hydroxylation is 1. The Balaban J connectivity index is 1.87. The van der Waals surface area contributed by atoms with Gasteiger partial charge in [-0.1, -0.05) is 15.9 Å². The quantitative estimate of drug-likeness (QED) is 0.799. The Morgan fingerprint density at radius 3 is 2.80 bits per heavy atom. The molecule has 0 unspecified atom stereocenters. The van der Waals surface area contributed by atoms with Gasteiger partial charge in [0.1, 0.15) is 12.1 Å². The molecule has 0 spiro atoms. The first-order chi connectivity index (χ1) is 9.72. The van der Waals surface area contributed by atoms with Gasteiger partial charge in [0.2, 0.25) is 0 Å². The zero-order chi connectivity index (χ0) is 13.9. The topological polar surface area (TPSA) is 63.6 Å². The minimum Gasteiger partial charge on any atom is -0.364 e. The first-order valence-electron chi connectivity index (χ1n) is 6.16. The van der Waals surface area contributed by atoms with Crippen LogP contribution in [-0.2, 0) is 6.54 Å². The first kappa shape index (κ1) is 12.9. The summed E-state index contributed by atoms with van der Waals surface area (Å²) in [5.41, 5.74) is 2.68. The summed E-state index contributed by atoms with van der Waals surface area (Å²) in [6, 6.07) is 9.81. The number of nitrogens with zero attached hydrogens (tertiary/aromatic N) is 4. The number of hydrogen-bond acceptors (Lipinski definition) is 5. The zero-order valence-corrected chi connectivity index (χ0v) is 12.4. The lowest BCUT2D eigenvalue weighted by Crippen LogP contribution is -2.05. The molecule has 2 heterocycles. The predicted molar refractivity (Wildman–Crippen MR) is 81.3 cm³/mol. The minimum absolute atomic E-state index is 0.575. The Kier molecular flexibility index (Phi) is 3.56. The van der Waals surface area contributed by atoms with Gasteiger partial charge < -0.3 is 5.32 Å². The second kappa shape index (κ2) is 5.50. The van der Waals surface area contributed by atoms with E-state index in [-0.39, 0.29) is 0 Å². The summed E-state index contributed by atoms with van der Waals surface area (Å²) in [4.78, 5) is 8.54. The SMILES string of the molecule is Cc1ccc(CNc2ncnc3ccc(Br)cc23)nn1. The van der Waals surface area contributed by atoms with Crippen molar-refractivity contribution in [2.75, 3.05) is 5.32 Å². The second-order valence-electron chi connectivity index (χ2n) is 4.40. The van der Waals surface area contributed by atoms with E-state index in [9.17, 15) is 0 Å². The number of aromatic nitrogens is 4. The number of halogens is 1. The molecule has 0 saturated carbocycles. The highest BCUT2D eigenvalue weighted by Gasteiger charge is 2.04. The van der Waals surface area contributed by atoms with Crippen LogP contribution in [0.2, 0.25) is 0 Å². The second-order valence-corrected chi connectivity index (χ2v) is 5.32. The Hall–Kier alpha value is -2.08. The molecule has 2 aromatic heterocycles. The lowest BCUT2D eigenvalue weighted by Gasteiger charge is -2.08.